The first-order valence-corrected chi connectivity index (χ1v) is 17.4. The standard InChI is InChI=1S/C38H60N2O2.ClH/c1-7-28-10-12-29(13-11-28)26-40(5,6)24-8-23-39-36(42)18-9-27(2)33-16-17-34-32-15-14-30-25-31(41)19-21-37(30,3)35(32)20-22-38(33,34)4;/h7,10-13,27,30-35,41H,1,8-9,14-26H2,2-6H3;1H/t27-,30?,31-,32?,33-,34?,35?,37+,38-;/m1./s1. The first-order valence-electron chi connectivity index (χ1n) is 17.4. The molecule has 1 aromatic rings. The van der Waals surface area contributed by atoms with Crippen molar-refractivity contribution in [3.05, 3.63) is 42.0 Å². The van der Waals surface area contributed by atoms with E-state index in [0.29, 0.717) is 23.2 Å². The van der Waals surface area contributed by atoms with Crippen LogP contribution in [0.4, 0.5) is 0 Å². The molecule has 0 aliphatic heterocycles. The number of carbonyl (C=O) groups is 1. The summed E-state index contributed by atoms with van der Waals surface area (Å²) in [6.45, 7) is 14.3. The molecule has 43 heavy (non-hydrogen) atoms. The third-order valence-electron chi connectivity index (χ3n) is 13.3. The molecule has 0 spiro atoms. The summed E-state index contributed by atoms with van der Waals surface area (Å²) in [4.78, 5) is 12.8. The summed E-state index contributed by atoms with van der Waals surface area (Å²) in [6, 6.07) is 8.67. The van der Waals surface area contributed by atoms with Crippen molar-refractivity contribution in [3.63, 3.8) is 0 Å². The van der Waals surface area contributed by atoms with E-state index >= 15 is 0 Å². The van der Waals surface area contributed by atoms with E-state index in [1.54, 1.807) is 0 Å². The predicted molar refractivity (Wildman–Crippen MR) is 174 cm³/mol. The summed E-state index contributed by atoms with van der Waals surface area (Å²) in [7, 11) is 4.55. The highest BCUT2D eigenvalue weighted by atomic mass is 35.5. The number of quaternary nitrogens is 1. The van der Waals surface area contributed by atoms with Gasteiger partial charge >= 0.3 is 0 Å². The predicted octanol–water partition coefficient (Wildman–Crippen LogP) is 4.85. The van der Waals surface area contributed by atoms with Gasteiger partial charge in [-0.25, -0.2) is 0 Å². The van der Waals surface area contributed by atoms with Gasteiger partial charge in [0.2, 0.25) is 5.91 Å². The van der Waals surface area contributed by atoms with Crippen molar-refractivity contribution in [2.75, 3.05) is 27.2 Å². The minimum atomic E-state index is -0.0559. The Morgan fingerprint density at radius 1 is 1.05 bits per heavy atom. The molecule has 0 saturated heterocycles. The molecule has 4 nitrogen and oxygen atoms in total. The molecular formula is C38H61ClN2O2. The molecule has 0 heterocycles. The second-order valence-electron chi connectivity index (χ2n) is 16.3. The van der Waals surface area contributed by atoms with Crippen LogP contribution in [-0.4, -0.2) is 48.8 Å². The average Bonchev–Trinajstić information content (AvgIpc) is 3.32. The highest BCUT2D eigenvalue weighted by molar-refractivity contribution is 5.75. The maximum absolute atomic E-state index is 12.8. The van der Waals surface area contributed by atoms with Gasteiger partial charge in [-0.1, -0.05) is 57.7 Å². The van der Waals surface area contributed by atoms with Gasteiger partial charge in [0, 0.05) is 24.9 Å². The molecular weight excluding hydrogens is 552 g/mol. The molecule has 2 N–H and O–H groups in total. The number of nitrogens with one attached hydrogen (secondary N) is 1. The topological polar surface area (TPSA) is 49.3 Å². The van der Waals surface area contributed by atoms with Gasteiger partial charge in [-0.3, -0.25) is 4.79 Å². The van der Waals surface area contributed by atoms with Gasteiger partial charge in [0.05, 0.1) is 26.7 Å². The number of aliphatic hydroxyl groups excluding tert-OH is 1. The van der Waals surface area contributed by atoms with Crippen LogP contribution >= 0.6 is 0 Å². The van der Waals surface area contributed by atoms with Crippen LogP contribution in [0.1, 0.15) is 109 Å². The number of hydrogen-bond donors (Lipinski definition) is 2. The summed E-state index contributed by atoms with van der Waals surface area (Å²) in [5, 5.41) is 13.6. The number of aliphatic hydroxyl groups is 1. The molecule has 4 unspecified atom stereocenters. The second kappa shape index (κ2) is 14.0. The summed E-state index contributed by atoms with van der Waals surface area (Å²) < 4.78 is 0.922. The monoisotopic (exact) mass is 612 g/mol. The van der Waals surface area contributed by atoms with Crippen molar-refractivity contribution in [1.82, 2.24) is 5.32 Å². The van der Waals surface area contributed by atoms with E-state index in [2.05, 4.69) is 71.0 Å². The number of halogens is 1. The van der Waals surface area contributed by atoms with Crippen LogP contribution < -0.4 is 17.7 Å². The number of hydrogen-bond acceptors (Lipinski definition) is 2. The van der Waals surface area contributed by atoms with Crippen molar-refractivity contribution < 1.29 is 26.8 Å². The maximum atomic E-state index is 12.8. The van der Waals surface area contributed by atoms with Gasteiger partial charge in [0.15, 0.2) is 0 Å². The van der Waals surface area contributed by atoms with Crippen molar-refractivity contribution in [2.45, 2.75) is 110 Å². The average molecular weight is 613 g/mol. The SMILES string of the molecule is C=Cc1ccc(C[N+](C)(C)CCCNC(=O)CC[C@@H](C)[C@H]2CCC3C4CCC5C[C@H](O)CC[C@]5(C)C4CC[C@@]32C)cc1.[Cl-]. The largest absolute Gasteiger partial charge is 1.00 e. The van der Waals surface area contributed by atoms with Gasteiger partial charge in [-0.05, 0) is 116 Å². The first kappa shape index (κ1) is 34.5. The van der Waals surface area contributed by atoms with E-state index in [4.69, 9.17) is 0 Å². The third-order valence-corrected chi connectivity index (χ3v) is 13.3. The lowest BCUT2D eigenvalue weighted by Gasteiger charge is -2.61. The minimum Gasteiger partial charge on any atom is -1.00 e. The van der Waals surface area contributed by atoms with Gasteiger partial charge < -0.3 is 27.3 Å². The Kier molecular flexibility index (Phi) is 11.2. The summed E-state index contributed by atoms with van der Waals surface area (Å²) in [6.07, 6.45) is 16.1. The van der Waals surface area contributed by atoms with Gasteiger partial charge in [-0.2, -0.15) is 0 Å². The Bertz CT molecular complexity index is 1090. The summed E-state index contributed by atoms with van der Waals surface area (Å²) >= 11 is 0. The lowest BCUT2D eigenvalue weighted by Crippen LogP contribution is -3.00. The van der Waals surface area contributed by atoms with E-state index in [1.165, 1.54) is 50.5 Å². The Morgan fingerprint density at radius 2 is 1.74 bits per heavy atom. The van der Waals surface area contributed by atoms with Gasteiger partial charge in [0.1, 0.15) is 6.54 Å². The molecule has 4 saturated carbocycles. The summed E-state index contributed by atoms with van der Waals surface area (Å²) in [5.41, 5.74) is 3.41. The van der Waals surface area contributed by atoms with Crippen molar-refractivity contribution in [1.29, 1.82) is 0 Å². The molecule has 4 aliphatic rings. The zero-order valence-corrected chi connectivity index (χ0v) is 28.7. The summed E-state index contributed by atoms with van der Waals surface area (Å²) in [5.74, 6) is 4.96. The lowest BCUT2D eigenvalue weighted by atomic mass is 9.44. The quantitative estimate of drug-likeness (QED) is 0.277. The van der Waals surface area contributed by atoms with Crippen molar-refractivity contribution in [3.8, 4) is 0 Å². The van der Waals surface area contributed by atoms with Crippen molar-refractivity contribution >= 4 is 12.0 Å². The number of nitrogens with zero attached hydrogens (tertiary/aromatic N) is 1. The highest BCUT2D eigenvalue weighted by Crippen LogP contribution is 2.68. The molecule has 5 heteroatoms. The van der Waals surface area contributed by atoms with E-state index in [0.717, 1.165) is 85.0 Å². The van der Waals surface area contributed by atoms with Crippen LogP contribution in [-0.2, 0) is 11.3 Å². The zero-order chi connectivity index (χ0) is 30.1. The zero-order valence-electron chi connectivity index (χ0n) is 27.9. The smallest absolute Gasteiger partial charge is 0.220 e. The first-order chi connectivity index (χ1) is 19.9. The van der Waals surface area contributed by atoms with E-state index in [9.17, 15) is 9.90 Å². The van der Waals surface area contributed by atoms with E-state index in [1.807, 2.05) is 6.08 Å². The maximum Gasteiger partial charge on any atom is 0.220 e. The second-order valence-corrected chi connectivity index (χ2v) is 16.3. The molecule has 4 fully saturated rings. The van der Waals surface area contributed by atoms with Crippen LogP contribution in [0.15, 0.2) is 30.8 Å². The fourth-order valence-corrected chi connectivity index (χ4v) is 10.9. The highest BCUT2D eigenvalue weighted by Gasteiger charge is 2.60. The molecule has 242 valence electrons. The number of fused-ring (bicyclic) bond motifs is 5. The molecule has 9 atom stereocenters. The van der Waals surface area contributed by atoms with Crippen LogP contribution in [0.3, 0.4) is 0 Å². The molecule has 0 bridgehead atoms. The van der Waals surface area contributed by atoms with Crippen LogP contribution in [0.25, 0.3) is 6.08 Å². The fraction of sp³-hybridized carbons (Fsp3) is 0.763. The molecule has 5 rings (SSSR count). The number of amides is 1. The Morgan fingerprint density at radius 3 is 2.47 bits per heavy atom. The van der Waals surface area contributed by atoms with E-state index < -0.39 is 0 Å². The Hall–Kier alpha value is -1.36. The number of benzene rings is 1. The van der Waals surface area contributed by atoms with Gasteiger partial charge in [-0.15, -0.1) is 0 Å². The van der Waals surface area contributed by atoms with Crippen LogP contribution in [0.2, 0.25) is 0 Å². The Labute approximate surface area is 269 Å². The third kappa shape index (κ3) is 7.39. The van der Waals surface area contributed by atoms with Crippen LogP contribution in [0.5, 0.6) is 0 Å². The number of rotatable bonds is 11. The van der Waals surface area contributed by atoms with E-state index in [-0.39, 0.29) is 24.4 Å². The molecule has 0 aromatic heterocycles. The number of carbonyl (C=O) groups excluding carboxylic acids is 1. The molecule has 1 amide bonds. The normalized spacial score (nSPS) is 36.0. The molecule has 4 aliphatic carbocycles. The fourth-order valence-electron chi connectivity index (χ4n) is 10.9. The van der Waals surface area contributed by atoms with Crippen LogP contribution in [0, 0.1) is 46.3 Å². The molecule has 1 aromatic carbocycles. The molecule has 0 radical (unpaired) electrons. The lowest BCUT2D eigenvalue weighted by molar-refractivity contribution is -0.903. The van der Waals surface area contributed by atoms with Gasteiger partial charge in [0.25, 0.3) is 0 Å². The van der Waals surface area contributed by atoms with Crippen molar-refractivity contribution in [2.24, 2.45) is 46.3 Å². The minimum absolute atomic E-state index is 0. The Balaban J connectivity index is 0.00000423.